The number of hydrogen-bond donors (Lipinski definition) is 1. The van der Waals surface area contributed by atoms with Crippen molar-refractivity contribution in [3.63, 3.8) is 0 Å². The molecule has 0 spiro atoms. The Labute approximate surface area is 184 Å². The highest BCUT2D eigenvalue weighted by Gasteiger charge is 2.32. The molecule has 2 aromatic rings. The van der Waals surface area contributed by atoms with E-state index < -0.39 is 11.7 Å². The van der Waals surface area contributed by atoms with E-state index in [1.165, 1.54) is 12.5 Å². The van der Waals surface area contributed by atoms with E-state index in [4.69, 9.17) is 4.74 Å². The summed E-state index contributed by atoms with van der Waals surface area (Å²) in [4.78, 5) is 18.3. The first-order valence-corrected chi connectivity index (χ1v) is 9.25. The van der Waals surface area contributed by atoms with Gasteiger partial charge < -0.3 is 15.0 Å². The standard InChI is InChI=1S/C20H20F3N3O2.2ClH/c21-20(22,23)14-3-8-18(24-11-14)28-17-6-1-13(2-7-17)19(27)26-10-9-15-4-5-16(12-26)25-15;;/h1-3,6-8,11,15-16,25H,4-5,9-10,12H2;2*1H. The summed E-state index contributed by atoms with van der Waals surface area (Å²) in [6.07, 6.45) is -0.467. The SMILES string of the molecule is Cl.Cl.O=C(c1ccc(Oc2ccc(C(F)(F)F)cn2)cc1)N1CCC2CCC(C1)N2. The molecule has 3 heterocycles. The zero-order chi connectivity index (χ0) is 19.7. The highest BCUT2D eigenvalue weighted by molar-refractivity contribution is 5.94. The van der Waals surface area contributed by atoms with E-state index >= 15 is 0 Å². The number of nitrogens with one attached hydrogen (secondary N) is 1. The summed E-state index contributed by atoms with van der Waals surface area (Å²) in [7, 11) is 0. The monoisotopic (exact) mass is 463 g/mol. The highest BCUT2D eigenvalue weighted by Crippen LogP contribution is 2.30. The van der Waals surface area contributed by atoms with Crippen LogP contribution in [-0.2, 0) is 6.18 Å². The molecule has 1 N–H and O–H groups in total. The second-order valence-electron chi connectivity index (χ2n) is 7.19. The lowest BCUT2D eigenvalue weighted by molar-refractivity contribution is -0.137. The van der Waals surface area contributed by atoms with Gasteiger partial charge in [0.05, 0.1) is 5.56 Å². The molecule has 1 aromatic heterocycles. The van der Waals surface area contributed by atoms with E-state index in [9.17, 15) is 18.0 Å². The van der Waals surface area contributed by atoms with E-state index in [1.54, 1.807) is 24.3 Å². The van der Waals surface area contributed by atoms with Crippen molar-refractivity contribution < 1.29 is 22.7 Å². The van der Waals surface area contributed by atoms with Crippen LogP contribution in [-0.4, -0.2) is 41.0 Å². The minimum atomic E-state index is -4.43. The fourth-order valence-corrected chi connectivity index (χ4v) is 3.70. The summed E-state index contributed by atoms with van der Waals surface area (Å²) < 4.78 is 43.2. The van der Waals surface area contributed by atoms with Crippen LogP contribution in [0.4, 0.5) is 13.2 Å². The van der Waals surface area contributed by atoms with Gasteiger partial charge in [0.1, 0.15) is 5.75 Å². The molecule has 0 radical (unpaired) electrons. The lowest BCUT2D eigenvalue weighted by Gasteiger charge is -2.24. The van der Waals surface area contributed by atoms with E-state index in [1.807, 2.05) is 4.90 Å². The lowest BCUT2D eigenvalue weighted by Crippen LogP contribution is -2.39. The number of carbonyl (C=O) groups excluding carboxylic acids is 1. The maximum Gasteiger partial charge on any atom is 0.417 e. The molecule has 164 valence electrons. The minimum Gasteiger partial charge on any atom is -0.439 e. The van der Waals surface area contributed by atoms with Crippen LogP contribution in [0.5, 0.6) is 11.6 Å². The molecule has 0 aliphatic carbocycles. The summed E-state index contributed by atoms with van der Waals surface area (Å²) in [5.74, 6) is 0.440. The number of benzene rings is 1. The Morgan fingerprint density at radius 3 is 2.37 bits per heavy atom. The third-order valence-corrected chi connectivity index (χ3v) is 5.20. The topological polar surface area (TPSA) is 54.5 Å². The maximum atomic E-state index is 12.8. The zero-order valence-electron chi connectivity index (χ0n) is 15.9. The van der Waals surface area contributed by atoms with E-state index in [0.29, 0.717) is 29.9 Å². The predicted octanol–water partition coefficient (Wildman–Crippen LogP) is 4.70. The van der Waals surface area contributed by atoms with Crippen LogP contribution in [0, 0.1) is 0 Å². The molecule has 0 saturated carbocycles. The number of carbonyl (C=O) groups is 1. The molecule has 2 aliphatic rings. The third-order valence-electron chi connectivity index (χ3n) is 5.20. The number of amides is 1. The number of halogens is 5. The first kappa shape index (κ1) is 24.2. The smallest absolute Gasteiger partial charge is 0.417 e. The fourth-order valence-electron chi connectivity index (χ4n) is 3.70. The zero-order valence-corrected chi connectivity index (χ0v) is 17.5. The molecule has 30 heavy (non-hydrogen) atoms. The number of alkyl halides is 3. The number of likely N-dealkylation sites (tertiary alicyclic amines) is 1. The fraction of sp³-hybridized carbons (Fsp3) is 0.400. The largest absolute Gasteiger partial charge is 0.439 e. The molecule has 2 atom stereocenters. The van der Waals surface area contributed by atoms with Crippen LogP contribution in [0.2, 0.25) is 0 Å². The van der Waals surface area contributed by atoms with Gasteiger partial charge in [0, 0.05) is 43.0 Å². The average molecular weight is 464 g/mol. The average Bonchev–Trinajstić information content (AvgIpc) is 3.00. The number of hydrogen-bond acceptors (Lipinski definition) is 4. The summed E-state index contributed by atoms with van der Waals surface area (Å²) >= 11 is 0. The van der Waals surface area contributed by atoms with Crippen LogP contribution in [0.15, 0.2) is 42.6 Å². The lowest BCUT2D eigenvalue weighted by atomic mass is 10.1. The van der Waals surface area contributed by atoms with Gasteiger partial charge in [-0.1, -0.05) is 0 Å². The second kappa shape index (κ2) is 9.85. The highest BCUT2D eigenvalue weighted by atomic mass is 35.5. The summed E-state index contributed by atoms with van der Waals surface area (Å²) in [6.45, 7) is 1.45. The molecule has 2 fully saturated rings. The molecule has 2 aliphatic heterocycles. The van der Waals surface area contributed by atoms with Gasteiger partial charge in [-0.25, -0.2) is 4.98 Å². The van der Waals surface area contributed by atoms with Gasteiger partial charge in [0.25, 0.3) is 5.91 Å². The molecule has 2 bridgehead atoms. The normalized spacial score (nSPS) is 20.6. The molecule has 10 heteroatoms. The first-order valence-electron chi connectivity index (χ1n) is 9.25. The number of rotatable bonds is 3. The van der Waals surface area contributed by atoms with Gasteiger partial charge >= 0.3 is 6.18 Å². The molecule has 2 saturated heterocycles. The quantitative estimate of drug-likeness (QED) is 0.716. The van der Waals surface area contributed by atoms with Crippen molar-refractivity contribution in [2.45, 2.75) is 37.5 Å². The van der Waals surface area contributed by atoms with Crippen molar-refractivity contribution in [1.29, 1.82) is 0 Å². The Balaban J connectivity index is 0.00000160. The van der Waals surface area contributed by atoms with Gasteiger partial charge in [-0.2, -0.15) is 13.2 Å². The van der Waals surface area contributed by atoms with E-state index in [-0.39, 0.29) is 36.6 Å². The molecule has 2 unspecified atom stereocenters. The van der Waals surface area contributed by atoms with Gasteiger partial charge in [0.2, 0.25) is 5.88 Å². The Morgan fingerprint density at radius 1 is 1.03 bits per heavy atom. The summed E-state index contributed by atoms with van der Waals surface area (Å²) in [6, 6.07) is 9.53. The summed E-state index contributed by atoms with van der Waals surface area (Å²) in [5, 5.41) is 3.55. The molecular weight excluding hydrogens is 442 g/mol. The molecule has 1 amide bonds. The van der Waals surface area contributed by atoms with Crippen molar-refractivity contribution in [2.24, 2.45) is 0 Å². The first-order chi connectivity index (χ1) is 13.4. The van der Waals surface area contributed by atoms with E-state index in [2.05, 4.69) is 10.3 Å². The second-order valence-corrected chi connectivity index (χ2v) is 7.19. The number of ether oxygens (including phenoxy) is 1. The van der Waals surface area contributed by atoms with Gasteiger partial charge in [0.15, 0.2) is 0 Å². The summed E-state index contributed by atoms with van der Waals surface area (Å²) in [5.41, 5.74) is -0.271. The van der Waals surface area contributed by atoms with Gasteiger partial charge in [-0.15, -0.1) is 24.8 Å². The maximum absolute atomic E-state index is 12.8. The number of aromatic nitrogens is 1. The number of pyridine rings is 1. The van der Waals surface area contributed by atoms with Crippen molar-refractivity contribution >= 4 is 30.7 Å². The Bertz CT molecular complexity index is 848. The number of nitrogens with zero attached hydrogens (tertiary/aromatic N) is 2. The van der Waals surface area contributed by atoms with Crippen molar-refractivity contribution in [1.82, 2.24) is 15.2 Å². The van der Waals surface area contributed by atoms with Gasteiger partial charge in [-0.3, -0.25) is 4.79 Å². The van der Waals surface area contributed by atoms with Crippen LogP contribution in [0.1, 0.15) is 35.2 Å². The van der Waals surface area contributed by atoms with E-state index in [0.717, 1.165) is 31.6 Å². The third kappa shape index (κ3) is 5.56. The van der Waals surface area contributed by atoms with Crippen molar-refractivity contribution in [2.75, 3.05) is 13.1 Å². The Hall–Kier alpha value is -2.03. The van der Waals surface area contributed by atoms with Crippen LogP contribution in [0.25, 0.3) is 0 Å². The Morgan fingerprint density at radius 2 is 1.73 bits per heavy atom. The van der Waals surface area contributed by atoms with Crippen molar-refractivity contribution in [3.05, 3.63) is 53.7 Å². The van der Waals surface area contributed by atoms with Crippen LogP contribution >= 0.6 is 24.8 Å². The number of fused-ring (bicyclic) bond motifs is 2. The molecule has 4 rings (SSSR count). The molecule has 1 aromatic carbocycles. The van der Waals surface area contributed by atoms with Crippen molar-refractivity contribution in [3.8, 4) is 11.6 Å². The van der Waals surface area contributed by atoms with Crippen LogP contribution in [0.3, 0.4) is 0 Å². The Kier molecular flexibility index (Phi) is 7.96. The molecular formula is C20H22Cl2F3N3O2. The van der Waals surface area contributed by atoms with Gasteiger partial charge in [-0.05, 0) is 49.6 Å². The minimum absolute atomic E-state index is 0. The molecule has 5 nitrogen and oxygen atoms in total. The predicted molar refractivity (Wildman–Crippen MR) is 111 cm³/mol. The van der Waals surface area contributed by atoms with Crippen LogP contribution < -0.4 is 10.1 Å².